The van der Waals surface area contributed by atoms with Gasteiger partial charge in [0.2, 0.25) is 0 Å². The van der Waals surface area contributed by atoms with Crippen LogP contribution in [0.25, 0.3) is 0 Å². The van der Waals surface area contributed by atoms with Crippen LogP contribution in [0.2, 0.25) is 0 Å². The van der Waals surface area contributed by atoms with Crippen LogP contribution in [0.3, 0.4) is 0 Å². The standard InChI is InChI=1S/C16H21ClO6/c17-6-7-20-8-9-21-10-11-22-12-13-23-16(19)15(18)14-4-2-1-3-5-14/h1-5H,6-13H2. The predicted octanol–water partition coefficient (Wildman–Crippen LogP) is 1.70. The summed E-state index contributed by atoms with van der Waals surface area (Å²) in [5.41, 5.74) is 0.309. The van der Waals surface area contributed by atoms with Gasteiger partial charge in [0.1, 0.15) is 6.61 Å². The van der Waals surface area contributed by atoms with E-state index in [1.54, 1.807) is 30.3 Å². The summed E-state index contributed by atoms with van der Waals surface area (Å²) in [7, 11) is 0. The molecule has 0 atom stereocenters. The molecule has 1 rings (SSSR count). The van der Waals surface area contributed by atoms with Crippen molar-refractivity contribution in [2.24, 2.45) is 0 Å². The van der Waals surface area contributed by atoms with Crippen molar-refractivity contribution in [3.8, 4) is 0 Å². The minimum absolute atomic E-state index is 0.0240. The first kappa shape index (κ1) is 19.6. The van der Waals surface area contributed by atoms with Gasteiger partial charge in [0.15, 0.2) is 0 Å². The Kier molecular flexibility index (Phi) is 11.1. The van der Waals surface area contributed by atoms with Crippen LogP contribution in [-0.2, 0) is 23.7 Å². The fraction of sp³-hybridized carbons (Fsp3) is 0.500. The van der Waals surface area contributed by atoms with Crippen molar-refractivity contribution < 1.29 is 28.5 Å². The molecule has 23 heavy (non-hydrogen) atoms. The zero-order valence-corrected chi connectivity index (χ0v) is 13.6. The van der Waals surface area contributed by atoms with Gasteiger partial charge in [0, 0.05) is 11.4 Å². The highest BCUT2D eigenvalue weighted by Crippen LogP contribution is 2.01. The third-order valence-electron chi connectivity index (χ3n) is 2.65. The summed E-state index contributed by atoms with van der Waals surface area (Å²) >= 11 is 5.45. The highest BCUT2D eigenvalue weighted by Gasteiger charge is 2.16. The Hall–Kier alpha value is -1.47. The molecule has 0 bridgehead atoms. The quantitative estimate of drug-likeness (QED) is 0.178. The first-order valence-corrected chi connectivity index (χ1v) is 7.85. The van der Waals surface area contributed by atoms with Crippen LogP contribution in [0.1, 0.15) is 10.4 Å². The van der Waals surface area contributed by atoms with Crippen LogP contribution >= 0.6 is 11.6 Å². The maximum Gasteiger partial charge on any atom is 0.379 e. The molecule has 0 saturated heterocycles. The van der Waals surface area contributed by atoms with Crippen molar-refractivity contribution in [2.75, 3.05) is 52.1 Å². The number of alkyl halides is 1. The average Bonchev–Trinajstić information content (AvgIpc) is 2.59. The predicted molar refractivity (Wildman–Crippen MR) is 84.9 cm³/mol. The lowest BCUT2D eigenvalue weighted by molar-refractivity contribution is -0.139. The number of halogens is 1. The number of hydrogen-bond donors (Lipinski definition) is 0. The Morgan fingerprint density at radius 2 is 1.30 bits per heavy atom. The van der Waals surface area contributed by atoms with Crippen LogP contribution in [0.15, 0.2) is 30.3 Å². The number of hydrogen-bond acceptors (Lipinski definition) is 6. The number of carbonyl (C=O) groups is 2. The van der Waals surface area contributed by atoms with Gasteiger partial charge in [-0.3, -0.25) is 4.79 Å². The summed E-state index contributed by atoms with van der Waals surface area (Å²) in [5, 5.41) is 0. The molecule has 7 heteroatoms. The van der Waals surface area contributed by atoms with Gasteiger partial charge in [-0.25, -0.2) is 4.79 Å². The van der Waals surface area contributed by atoms with Gasteiger partial charge < -0.3 is 18.9 Å². The zero-order valence-electron chi connectivity index (χ0n) is 12.9. The molecule has 0 N–H and O–H groups in total. The van der Waals surface area contributed by atoms with Crippen LogP contribution in [0.5, 0.6) is 0 Å². The molecule has 0 aromatic heterocycles. The number of benzene rings is 1. The summed E-state index contributed by atoms with van der Waals surface area (Å²) in [6.07, 6.45) is 0. The summed E-state index contributed by atoms with van der Waals surface area (Å²) in [6, 6.07) is 8.26. The lowest BCUT2D eigenvalue weighted by atomic mass is 10.1. The van der Waals surface area contributed by atoms with Gasteiger partial charge >= 0.3 is 5.97 Å². The Morgan fingerprint density at radius 1 is 0.783 bits per heavy atom. The molecule has 0 unspecified atom stereocenters. The van der Waals surface area contributed by atoms with Crippen molar-refractivity contribution in [2.45, 2.75) is 0 Å². The largest absolute Gasteiger partial charge is 0.457 e. The Balaban J connectivity index is 1.96. The van der Waals surface area contributed by atoms with Crippen molar-refractivity contribution in [3.05, 3.63) is 35.9 Å². The Bertz CT molecular complexity index is 451. The van der Waals surface area contributed by atoms with Crippen molar-refractivity contribution in [3.63, 3.8) is 0 Å². The summed E-state index contributed by atoms with van der Waals surface area (Å²) < 4.78 is 20.4. The molecular weight excluding hydrogens is 324 g/mol. The minimum Gasteiger partial charge on any atom is -0.457 e. The molecule has 0 aliphatic rings. The first-order chi connectivity index (χ1) is 11.3. The summed E-state index contributed by atoms with van der Waals surface area (Å²) in [5.74, 6) is -1.08. The monoisotopic (exact) mass is 344 g/mol. The first-order valence-electron chi connectivity index (χ1n) is 7.31. The number of ketones is 1. The molecule has 128 valence electrons. The van der Waals surface area contributed by atoms with E-state index in [1.807, 2.05) is 0 Å². The van der Waals surface area contributed by atoms with E-state index in [2.05, 4.69) is 0 Å². The lowest BCUT2D eigenvalue weighted by Gasteiger charge is -2.07. The molecule has 6 nitrogen and oxygen atoms in total. The fourth-order valence-corrected chi connectivity index (χ4v) is 1.67. The molecule has 0 aliphatic carbocycles. The molecule has 0 heterocycles. The van der Waals surface area contributed by atoms with E-state index >= 15 is 0 Å². The third kappa shape index (κ3) is 9.30. The number of rotatable bonds is 13. The van der Waals surface area contributed by atoms with Crippen LogP contribution in [0, 0.1) is 0 Å². The molecule has 0 aliphatic heterocycles. The smallest absolute Gasteiger partial charge is 0.379 e. The number of esters is 1. The fourth-order valence-electron chi connectivity index (χ4n) is 1.56. The van der Waals surface area contributed by atoms with E-state index in [4.69, 9.17) is 30.5 Å². The third-order valence-corrected chi connectivity index (χ3v) is 2.80. The van der Waals surface area contributed by atoms with Gasteiger partial charge in [0.25, 0.3) is 5.78 Å². The van der Waals surface area contributed by atoms with Crippen LogP contribution < -0.4 is 0 Å². The average molecular weight is 345 g/mol. The molecule has 0 saturated carbocycles. The molecule has 0 amide bonds. The Morgan fingerprint density at radius 3 is 1.87 bits per heavy atom. The van der Waals surface area contributed by atoms with Crippen molar-refractivity contribution in [1.29, 1.82) is 0 Å². The highest BCUT2D eigenvalue weighted by atomic mass is 35.5. The summed E-state index contributed by atoms with van der Waals surface area (Å²) in [4.78, 5) is 23.2. The molecule has 0 spiro atoms. The van der Waals surface area contributed by atoms with Crippen molar-refractivity contribution in [1.82, 2.24) is 0 Å². The zero-order chi connectivity index (χ0) is 16.8. The van der Waals surface area contributed by atoms with Gasteiger partial charge in [-0.15, -0.1) is 11.6 Å². The minimum atomic E-state index is -0.882. The van der Waals surface area contributed by atoms with Gasteiger partial charge in [-0.2, -0.15) is 0 Å². The lowest BCUT2D eigenvalue weighted by Crippen LogP contribution is -2.20. The van der Waals surface area contributed by atoms with Crippen LogP contribution in [0.4, 0.5) is 0 Å². The second-order valence-electron chi connectivity index (χ2n) is 4.36. The second kappa shape index (κ2) is 13.0. The molecule has 1 aromatic rings. The number of Topliss-reactive ketones (excluding diaryl/α,β-unsaturated/α-hetero) is 1. The number of carbonyl (C=O) groups excluding carboxylic acids is 2. The van der Waals surface area contributed by atoms with E-state index in [1.165, 1.54) is 0 Å². The maximum absolute atomic E-state index is 11.7. The number of ether oxygens (including phenoxy) is 4. The normalized spacial score (nSPS) is 10.5. The summed E-state index contributed by atoms with van der Waals surface area (Å²) in [6.45, 7) is 2.50. The molecule has 0 fully saturated rings. The van der Waals surface area contributed by atoms with E-state index < -0.39 is 11.8 Å². The molecule has 0 radical (unpaired) electrons. The molecule has 1 aromatic carbocycles. The van der Waals surface area contributed by atoms with Crippen molar-refractivity contribution >= 4 is 23.4 Å². The van der Waals surface area contributed by atoms with E-state index in [-0.39, 0.29) is 13.2 Å². The SMILES string of the molecule is O=C(OCCOCCOCCOCCCl)C(=O)c1ccccc1. The van der Waals surface area contributed by atoms with Gasteiger partial charge in [0.05, 0.1) is 39.6 Å². The highest BCUT2D eigenvalue weighted by molar-refractivity contribution is 6.40. The van der Waals surface area contributed by atoms with Crippen LogP contribution in [-0.4, -0.2) is 63.9 Å². The maximum atomic E-state index is 11.7. The molecular formula is C16H21ClO6. The van der Waals surface area contributed by atoms with E-state index in [0.29, 0.717) is 44.5 Å². The van der Waals surface area contributed by atoms with E-state index in [0.717, 1.165) is 0 Å². The Labute approximate surface area is 140 Å². The topological polar surface area (TPSA) is 71.1 Å². The van der Waals surface area contributed by atoms with Gasteiger partial charge in [-0.05, 0) is 0 Å². The second-order valence-corrected chi connectivity index (χ2v) is 4.74. The van der Waals surface area contributed by atoms with Gasteiger partial charge in [-0.1, -0.05) is 30.3 Å². The van der Waals surface area contributed by atoms with E-state index in [9.17, 15) is 9.59 Å².